The second kappa shape index (κ2) is 13.4. The molecule has 0 saturated heterocycles. The first-order valence-electron chi connectivity index (χ1n) is 9.51. The Morgan fingerprint density at radius 1 is 1.07 bits per heavy atom. The van der Waals surface area contributed by atoms with Crippen LogP contribution in [0, 0.1) is 0 Å². The van der Waals surface area contributed by atoms with Gasteiger partial charge in [-0.25, -0.2) is 4.79 Å². The van der Waals surface area contributed by atoms with Crippen molar-refractivity contribution in [3.8, 4) is 0 Å². The van der Waals surface area contributed by atoms with Crippen LogP contribution in [0.3, 0.4) is 0 Å². The molecule has 0 spiro atoms. The third kappa shape index (κ3) is 8.86. The van der Waals surface area contributed by atoms with Crippen molar-refractivity contribution in [3.05, 3.63) is 0 Å². The molecule has 1 N–H and O–H groups in total. The van der Waals surface area contributed by atoms with Crippen LogP contribution in [0.5, 0.6) is 0 Å². The fourth-order valence-electron chi connectivity index (χ4n) is 2.73. The summed E-state index contributed by atoms with van der Waals surface area (Å²) in [5.74, 6) is -1.48. The van der Waals surface area contributed by atoms with Crippen LogP contribution in [0.4, 0.5) is 4.79 Å². The molecular formula is C17H37NO8Si. The van der Waals surface area contributed by atoms with Crippen molar-refractivity contribution in [2.24, 2.45) is 0 Å². The zero-order valence-corrected chi connectivity index (χ0v) is 18.8. The molecule has 0 rings (SSSR count). The summed E-state index contributed by atoms with van der Waals surface area (Å²) < 4.78 is 33.8. The number of amides is 1. The average Bonchev–Trinajstić information content (AvgIpc) is 2.59. The van der Waals surface area contributed by atoms with Crippen molar-refractivity contribution in [2.45, 2.75) is 66.2 Å². The molecule has 162 valence electrons. The smallest absolute Gasteiger partial charge is 0.465 e. The molecule has 0 aliphatic heterocycles. The number of methoxy groups -OCH3 is 1. The van der Waals surface area contributed by atoms with Gasteiger partial charge in [-0.05, 0) is 41.0 Å². The summed E-state index contributed by atoms with van der Waals surface area (Å²) in [6.07, 6.45) is -1.30. The lowest BCUT2D eigenvalue weighted by Gasteiger charge is -2.39. The molecule has 0 aliphatic rings. The van der Waals surface area contributed by atoms with Crippen molar-refractivity contribution < 1.29 is 37.4 Å². The Labute approximate surface area is 164 Å². The number of hydrogen-bond acceptors (Lipinski definition) is 7. The van der Waals surface area contributed by atoms with E-state index in [0.717, 1.165) is 4.90 Å². The molecule has 2 atom stereocenters. The highest BCUT2D eigenvalue weighted by atomic mass is 28.4. The molecular weight excluding hydrogens is 374 g/mol. The maximum absolute atomic E-state index is 11.8. The van der Waals surface area contributed by atoms with Crippen LogP contribution in [0.15, 0.2) is 0 Å². The fourth-order valence-corrected chi connectivity index (χ4v) is 5.32. The predicted molar refractivity (Wildman–Crippen MR) is 102 cm³/mol. The minimum absolute atomic E-state index is 0.167. The van der Waals surface area contributed by atoms with Crippen LogP contribution in [-0.4, -0.2) is 77.2 Å². The Bertz CT molecular complexity index is 397. The molecule has 1 amide bonds. The van der Waals surface area contributed by atoms with E-state index in [1.165, 1.54) is 7.11 Å². The molecule has 9 nitrogen and oxygen atoms in total. The Morgan fingerprint density at radius 3 is 1.96 bits per heavy atom. The number of hydrogen-bond donors (Lipinski definition) is 1. The number of carbonyl (C=O) groups is 1. The molecule has 0 fully saturated rings. The molecule has 0 heterocycles. The molecule has 0 radical (unpaired) electrons. The first-order chi connectivity index (χ1) is 12.7. The topological polar surface area (TPSA) is 95.9 Å². The first kappa shape index (κ1) is 26.2. The van der Waals surface area contributed by atoms with Crippen molar-refractivity contribution in [3.63, 3.8) is 0 Å². The Morgan fingerprint density at radius 2 is 1.59 bits per heavy atom. The lowest BCUT2D eigenvalue weighted by Crippen LogP contribution is -2.55. The zero-order valence-electron chi connectivity index (χ0n) is 17.8. The molecule has 0 aromatic carbocycles. The van der Waals surface area contributed by atoms with Crippen LogP contribution in [0.2, 0.25) is 6.04 Å². The Balaban J connectivity index is 5.14. The molecule has 2 unspecified atom stereocenters. The van der Waals surface area contributed by atoms with Crippen LogP contribution >= 0.6 is 0 Å². The van der Waals surface area contributed by atoms with Crippen molar-refractivity contribution in [1.82, 2.24) is 4.90 Å². The molecule has 0 aromatic heterocycles. The summed E-state index contributed by atoms with van der Waals surface area (Å²) in [4.78, 5) is 12.9. The van der Waals surface area contributed by atoms with Gasteiger partial charge in [-0.2, -0.15) is 0 Å². The summed E-state index contributed by atoms with van der Waals surface area (Å²) >= 11 is 0. The highest BCUT2D eigenvalue weighted by Crippen LogP contribution is 2.24. The van der Waals surface area contributed by atoms with Gasteiger partial charge in [0.1, 0.15) is 0 Å². The summed E-state index contributed by atoms with van der Waals surface area (Å²) in [5, 5.41) is 9.67. The second-order valence-corrected chi connectivity index (χ2v) is 8.49. The van der Waals surface area contributed by atoms with E-state index >= 15 is 0 Å². The van der Waals surface area contributed by atoms with Gasteiger partial charge in [-0.3, -0.25) is 4.90 Å². The van der Waals surface area contributed by atoms with Crippen molar-refractivity contribution >= 4 is 14.9 Å². The zero-order chi connectivity index (χ0) is 20.9. The largest absolute Gasteiger partial charge is 0.500 e. The summed E-state index contributed by atoms with van der Waals surface area (Å²) in [6.45, 7) is 12.8. The van der Waals surface area contributed by atoms with E-state index in [4.69, 9.17) is 27.5 Å². The minimum Gasteiger partial charge on any atom is -0.465 e. The van der Waals surface area contributed by atoms with Gasteiger partial charge in [0.25, 0.3) is 5.91 Å². The standard InChI is InChI=1S/C17H37NO8Si/c1-8-22-15(5)26-17(6,21-7)18(16(19)20)13-12-14-27(23-9-2,24-10-3)25-11-4/h15H,8-14H2,1-7H3,(H,19,20). The molecule has 10 heteroatoms. The maximum atomic E-state index is 11.8. The number of ether oxygens (including phenoxy) is 3. The fraction of sp³-hybridized carbons (Fsp3) is 0.941. The molecule has 0 bridgehead atoms. The average molecular weight is 412 g/mol. The predicted octanol–water partition coefficient (Wildman–Crippen LogP) is 3.12. The maximum Gasteiger partial charge on any atom is 0.500 e. The van der Waals surface area contributed by atoms with E-state index in [0.29, 0.717) is 38.9 Å². The van der Waals surface area contributed by atoms with E-state index in [-0.39, 0.29) is 6.54 Å². The van der Waals surface area contributed by atoms with Crippen LogP contribution in [0.1, 0.15) is 48.0 Å². The Hall–Kier alpha value is -0.753. The van der Waals surface area contributed by atoms with Gasteiger partial charge >= 0.3 is 14.9 Å². The minimum atomic E-state index is -2.84. The van der Waals surface area contributed by atoms with Gasteiger partial charge < -0.3 is 32.6 Å². The molecule has 0 aromatic rings. The highest BCUT2D eigenvalue weighted by Gasteiger charge is 2.42. The van der Waals surface area contributed by atoms with Crippen molar-refractivity contribution in [2.75, 3.05) is 40.1 Å². The van der Waals surface area contributed by atoms with E-state index in [1.54, 1.807) is 13.8 Å². The second-order valence-electron chi connectivity index (χ2n) is 5.76. The summed E-state index contributed by atoms with van der Waals surface area (Å²) in [6, 6.07) is 0.493. The SMILES string of the molecule is CCOC(C)OC(C)(OC)N(CCC[Si](OCC)(OCC)OCC)C(=O)O. The van der Waals surface area contributed by atoms with E-state index in [1.807, 2.05) is 27.7 Å². The third-order valence-corrected chi connectivity index (χ3v) is 6.99. The highest BCUT2D eigenvalue weighted by molar-refractivity contribution is 6.60. The molecule has 0 aliphatic carbocycles. The monoisotopic (exact) mass is 411 g/mol. The Kier molecular flexibility index (Phi) is 13.1. The molecule has 27 heavy (non-hydrogen) atoms. The van der Waals surface area contributed by atoms with Gasteiger partial charge in [0.2, 0.25) is 0 Å². The lowest BCUT2D eigenvalue weighted by molar-refractivity contribution is -0.337. The first-order valence-corrected chi connectivity index (χ1v) is 11.4. The normalized spacial score (nSPS) is 15.4. The van der Waals surface area contributed by atoms with Gasteiger partial charge in [-0.15, -0.1) is 0 Å². The van der Waals surface area contributed by atoms with E-state index in [2.05, 4.69) is 0 Å². The lowest BCUT2D eigenvalue weighted by atomic mass is 10.3. The third-order valence-electron chi connectivity index (χ3n) is 3.84. The van der Waals surface area contributed by atoms with Crippen molar-refractivity contribution in [1.29, 1.82) is 0 Å². The van der Waals surface area contributed by atoms with Gasteiger partial charge in [0.15, 0.2) is 6.29 Å². The number of carboxylic acid groups (broad SMARTS) is 1. The van der Waals surface area contributed by atoms with Gasteiger partial charge in [0, 0.05) is 53.0 Å². The van der Waals surface area contributed by atoms with E-state index in [9.17, 15) is 9.90 Å². The van der Waals surface area contributed by atoms with Crippen LogP contribution < -0.4 is 0 Å². The van der Waals surface area contributed by atoms with E-state index < -0.39 is 27.1 Å². The van der Waals surface area contributed by atoms with Gasteiger partial charge in [0.05, 0.1) is 0 Å². The van der Waals surface area contributed by atoms with Crippen LogP contribution in [-0.2, 0) is 27.5 Å². The quantitative estimate of drug-likeness (QED) is 0.306. The van der Waals surface area contributed by atoms with Crippen LogP contribution in [0.25, 0.3) is 0 Å². The number of rotatable bonds is 16. The summed E-state index contributed by atoms with van der Waals surface area (Å²) in [5.41, 5.74) is 0. The summed E-state index contributed by atoms with van der Waals surface area (Å²) in [7, 11) is -1.44. The molecule has 0 saturated carbocycles. The number of nitrogens with zero attached hydrogens (tertiary/aromatic N) is 1. The van der Waals surface area contributed by atoms with Gasteiger partial charge in [-0.1, -0.05) is 0 Å².